The van der Waals surface area contributed by atoms with Gasteiger partial charge in [-0.1, -0.05) is 0 Å². The number of ether oxygens (including phenoxy) is 1. The normalized spacial score (nSPS) is 30.0. The number of halogens is 2. The van der Waals surface area contributed by atoms with Gasteiger partial charge < -0.3 is 0 Å². The first-order chi connectivity index (χ1) is 7.67. The molecule has 1 N–H and O–H groups in total. The third-order valence-electron chi connectivity index (χ3n) is 3.44. The fraction of sp³-hybridized carbons (Fsp3) is 0.909. The molecule has 1 aliphatic carbocycles. The molecule has 16 heavy (non-hydrogen) atoms. The van der Waals surface area contributed by atoms with Crippen molar-refractivity contribution in [3.8, 4) is 0 Å². The number of hydrogen-bond acceptors (Lipinski definition) is 3. The Morgan fingerprint density at radius 2 is 2.19 bits per heavy atom. The number of carbonyl (C=O) groups excluding carboxylic acids is 1. The van der Waals surface area contributed by atoms with Gasteiger partial charge in [0, 0.05) is 0 Å². The molecule has 0 spiro atoms. The predicted molar refractivity (Wildman–Crippen MR) is 66.9 cm³/mol. The maximum absolute atomic E-state index is 12.0. The van der Waals surface area contributed by atoms with Crippen LogP contribution in [0.5, 0.6) is 0 Å². The van der Waals surface area contributed by atoms with Crippen LogP contribution in [0.3, 0.4) is 0 Å². The molecule has 3 nitrogen and oxygen atoms in total. The summed E-state index contributed by atoms with van der Waals surface area (Å²) >= 11 is 2.33. The molecule has 2 atom stereocenters. The Bertz CT molecular complexity index is 263. The van der Waals surface area contributed by atoms with E-state index in [1.165, 1.54) is 19.3 Å². The Morgan fingerprint density at radius 1 is 1.56 bits per heavy atom. The minimum absolute atomic E-state index is 0.0130. The average Bonchev–Trinajstić information content (AvgIpc) is 3.13. The van der Waals surface area contributed by atoms with Crippen molar-refractivity contribution >= 4 is 28.6 Å². The van der Waals surface area contributed by atoms with E-state index in [-0.39, 0.29) is 37.0 Å². The van der Waals surface area contributed by atoms with Crippen LogP contribution in [0.2, 0.25) is 0 Å². The molecule has 0 aromatic carbocycles. The summed E-state index contributed by atoms with van der Waals surface area (Å²) in [6.07, 6.45) is 6.80. The van der Waals surface area contributed by atoms with Gasteiger partial charge >= 0.3 is 122 Å². The Hall–Kier alpha value is 0.890. The van der Waals surface area contributed by atoms with E-state index >= 15 is 0 Å². The number of rotatable bonds is 4. The van der Waals surface area contributed by atoms with Crippen LogP contribution in [0.25, 0.3) is 0 Å². The van der Waals surface area contributed by atoms with Crippen molar-refractivity contribution in [1.82, 2.24) is 3.53 Å². The van der Waals surface area contributed by atoms with Gasteiger partial charge in [0.2, 0.25) is 0 Å². The van der Waals surface area contributed by atoms with Gasteiger partial charge in [0.15, 0.2) is 0 Å². The molecule has 0 amide bonds. The van der Waals surface area contributed by atoms with E-state index in [0.29, 0.717) is 4.05 Å². The summed E-state index contributed by atoms with van der Waals surface area (Å²) in [4.78, 5) is 12.0. The third kappa shape index (κ3) is 3.22. The van der Waals surface area contributed by atoms with Crippen LogP contribution >= 0.6 is 22.6 Å². The Labute approximate surface area is 121 Å². The number of carbonyl (C=O) groups is 1. The minimum atomic E-state index is -0.133. The molecule has 94 valence electrons. The Balaban J connectivity index is 1.91. The van der Waals surface area contributed by atoms with Gasteiger partial charge in [0.05, 0.1) is 0 Å². The summed E-state index contributed by atoms with van der Waals surface area (Å²) in [7, 11) is 0. The fourth-order valence-corrected chi connectivity index (χ4v) is 5.34. The van der Waals surface area contributed by atoms with E-state index in [1.807, 2.05) is 0 Å². The first-order valence-corrected chi connectivity index (χ1v) is 9.49. The van der Waals surface area contributed by atoms with E-state index in [4.69, 9.17) is 4.74 Å². The van der Waals surface area contributed by atoms with Crippen LogP contribution in [-0.4, -0.2) is 19.5 Å². The maximum atomic E-state index is 12.0. The Morgan fingerprint density at radius 3 is 2.69 bits per heavy atom. The molecule has 2 fully saturated rings. The van der Waals surface area contributed by atoms with E-state index < -0.39 is 0 Å². The number of nitrogens with one attached hydrogen (secondary N) is 1. The van der Waals surface area contributed by atoms with Gasteiger partial charge in [-0.3, -0.25) is 0 Å². The standard InChI is InChI=1S/C11H18I2NO2/c1-2-11(6-4-3-5-7-11)16-10(15)8(12)9-13-14-9/h8-9,14H,2-7H2,1H3/q-1. The number of alkyl halides is 2. The van der Waals surface area contributed by atoms with Crippen molar-refractivity contribution in [3.05, 3.63) is 0 Å². The van der Waals surface area contributed by atoms with Crippen molar-refractivity contribution in [1.29, 1.82) is 0 Å². The van der Waals surface area contributed by atoms with Crippen molar-refractivity contribution in [2.24, 2.45) is 0 Å². The SMILES string of the molecule is CCC1(OC(=O)C(I)C2N[I-]2)CCCCC1. The molecule has 5 heteroatoms. The van der Waals surface area contributed by atoms with Crippen molar-refractivity contribution in [2.75, 3.05) is 0 Å². The second-order valence-electron chi connectivity index (χ2n) is 4.54. The van der Waals surface area contributed by atoms with E-state index in [9.17, 15) is 4.79 Å². The van der Waals surface area contributed by atoms with Crippen LogP contribution < -0.4 is 25.0 Å². The van der Waals surface area contributed by atoms with Crippen LogP contribution in [0.1, 0.15) is 45.4 Å². The van der Waals surface area contributed by atoms with Crippen LogP contribution in [-0.2, 0) is 9.53 Å². The molecule has 2 aliphatic rings. The zero-order valence-corrected chi connectivity index (χ0v) is 13.8. The fourth-order valence-electron chi connectivity index (χ4n) is 2.26. The van der Waals surface area contributed by atoms with Gasteiger partial charge in [0.25, 0.3) is 0 Å². The number of hydrogen-bond donors (Lipinski definition) is 1. The summed E-state index contributed by atoms with van der Waals surface area (Å²) in [6.45, 7) is 2.14. The molecule has 1 heterocycles. The van der Waals surface area contributed by atoms with Crippen LogP contribution in [0, 0.1) is 0 Å². The van der Waals surface area contributed by atoms with Gasteiger partial charge in [-0.25, -0.2) is 0 Å². The molecule has 1 aliphatic heterocycles. The second kappa shape index (κ2) is 5.69. The molecule has 0 bridgehead atoms. The number of esters is 1. The zero-order valence-electron chi connectivity index (χ0n) is 9.47. The molecule has 0 radical (unpaired) electrons. The van der Waals surface area contributed by atoms with Gasteiger partial charge in [0.1, 0.15) is 0 Å². The van der Waals surface area contributed by atoms with E-state index in [0.717, 1.165) is 19.3 Å². The second-order valence-corrected chi connectivity index (χ2v) is 8.47. The topological polar surface area (TPSA) is 48.2 Å². The quantitative estimate of drug-likeness (QED) is 0.155. The van der Waals surface area contributed by atoms with Crippen molar-refractivity contribution in [3.63, 3.8) is 0 Å². The van der Waals surface area contributed by atoms with Gasteiger partial charge in [-0.05, 0) is 0 Å². The molecule has 0 aromatic rings. The third-order valence-corrected chi connectivity index (χ3v) is 8.11. The predicted octanol–water partition coefficient (Wildman–Crippen LogP) is -0.621. The summed E-state index contributed by atoms with van der Waals surface area (Å²) in [6, 6.07) is 0. The van der Waals surface area contributed by atoms with Crippen molar-refractivity contribution < 1.29 is 31.0 Å². The van der Waals surface area contributed by atoms with Crippen LogP contribution in [0.4, 0.5) is 0 Å². The zero-order chi connectivity index (χ0) is 11.6. The summed E-state index contributed by atoms with van der Waals surface area (Å²) in [5, 5.41) is 0. The van der Waals surface area contributed by atoms with Gasteiger partial charge in [-0.2, -0.15) is 0 Å². The average molecular weight is 450 g/mol. The van der Waals surface area contributed by atoms with Crippen LogP contribution in [0.15, 0.2) is 0 Å². The summed E-state index contributed by atoms with van der Waals surface area (Å²) < 4.78 is 9.61. The molecule has 2 unspecified atom stereocenters. The molecular formula is C11H18I2NO2-. The molecule has 2 rings (SSSR count). The Kier molecular flexibility index (Phi) is 4.74. The first kappa shape index (κ1) is 13.3. The van der Waals surface area contributed by atoms with E-state index in [1.54, 1.807) is 0 Å². The molecule has 1 saturated carbocycles. The van der Waals surface area contributed by atoms with E-state index in [2.05, 4.69) is 33.0 Å². The first-order valence-electron chi connectivity index (χ1n) is 5.92. The summed E-state index contributed by atoms with van der Waals surface area (Å²) in [5.74, 6) is 0.0130. The molecule has 0 aromatic heterocycles. The molecular weight excluding hydrogens is 432 g/mol. The summed E-state index contributed by atoms with van der Waals surface area (Å²) in [5.41, 5.74) is -0.133. The van der Waals surface area contributed by atoms with Gasteiger partial charge in [-0.15, -0.1) is 0 Å². The molecule has 1 saturated heterocycles. The monoisotopic (exact) mass is 450 g/mol. The van der Waals surface area contributed by atoms with Crippen molar-refractivity contribution in [2.45, 2.75) is 59.0 Å².